The molecule has 0 saturated carbocycles. The molecule has 162 valence electrons. The number of alkyl halides is 3. The Kier molecular flexibility index (Phi) is 6.53. The van der Waals surface area contributed by atoms with Crippen molar-refractivity contribution in [3.63, 3.8) is 0 Å². The minimum absolute atomic E-state index is 0.0152. The number of benzene rings is 2. The minimum Gasteiger partial charge on any atom is -0.379 e. The predicted octanol–water partition coefficient (Wildman–Crippen LogP) is 3.92. The van der Waals surface area contributed by atoms with Crippen molar-refractivity contribution in [2.24, 2.45) is 0 Å². The fourth-order valence-electron chi connectivity index (χ4n) is 2.78. The van der Waals surface area contributed by atoms with Gasteiger partial charge in [-0.1, -0.05) is 18.2 Å². The summed E-state index contributed by atoms with van der Waals surface area (Å²) in [6, 6.07) is 11.6. The van der Waals surface area contributed by atoms with Gasteiger partial charge in [-0.15, -0.1) is 0 Å². The Morgan fingerprint density at radius 1 is 1.16 bits per heavy atom. The van der Waals surface area contributed by atoms with Crippen LogP contribution >= 0.6 is 0 Å². The number of rotatable bonds is 8. The first-order valence-electron chi connectivity index (χ1n) is 9.19. The van der Waals surface area contributed by atoms with Gasteiger partial charge >= 0.3 is 6.18 Å². The minimum atomic E-state index is -4.68. The summed E-state index contributed by atoms with van der Waals surface area (Å²) >= 11 is 0. The maximum atomic E-state index is 12.7. The Hall–Kier alpha value is -3.89. The smallest absolute Gasteiger partial charge is 0.379 e. The monoisotopic (exact) mass is 433 g/mol. The van der Waals surface area contributed by atoms with Crippen LogP contribution in [0.2, 0.25) is 0 Å². The molecule has 0 fully saturated rings. The van der Waals surface area contributed by atoms with Gasteiger partial charge in [0.05, 0.1) is 22.4 Å². The first-order valence-corrected chi connectivity index (χ1v) is 9.19. The van der Waals surface area contributed by atoms with Crippen molar-refractivity contribution < 1.29 is 22.9 Å². The SMILES string of the molecule is O=C(CCNc1ccc(C(F)(F)F)cc1[N+](=O)[O-])NCc1cnn(-c2ccccc2)c1. The highest BCUT2D eigenvalue weighted by Crippen LogP contribution is 2.34. The molecular weight excluding hydrogens is 415 g/mol. The largest absolute Gasteiger partial charge is 0.416 e. The third-order valence-corrected chi connectivity index (χ3v) is 4.34. The second-order valence-electron chi connectivity index (χ2n) is 6.57. The second kappa shape index (κ2) is 9.28. The number of carbonyl (C=O) groups excluding carboxylic acids is 1. The Bertz CT molecular complexity index is 1070. The molecule has 1 amide bonds. The van der Waals surface area contributed by atoms with Gasteiger partial charge in [0.1, 0.15) is 5.69 Å². The molecule has 8 nitrogen and oxygen atoms in total. The zero-order valence-electron chi connectivity index (χ0n) is 16.1. The molecule has 0 radical (unpaired) electrons. The quantitative estimate of drug-likeness (QED) is 0.414. The van der Waals surface area contributed by atoms with Crippen LogP contribution in [0.4, 0.5) is 24.5 Å². The highest BCUT2D eigenvalue weighted by atomic mass is 19.4. The van der Waals surface area contributed by atoms with Crippen LogP contribution in [0.1, 0.15) is 17.5 Å². The number of nitro groups is 1. The number of nitrogens with one attached hydrogen (secondary N) is 2. The van der Waals surface area contributed by atoms with E-state index in [-0.39, 0.29) is 31.1 Å². The van der Waals surface area contributed by atoms with Gasteiger partial charge in [0, 0.05) is 37.3 Å². The molecule has 0 atom stereocenters. The predicted molar refractivity (Wildman–Crippen MR) is 107 cm³/mol. The van der Waals surface area contributed by atoms with E-state index in [1.54, 1.807) is 17.1 Å². The molecule has 0 spiro atoms. The number of para-hydroxylation sites is 1. The Morgan fingerprint density at radius 3 is 2.58 bits per heavy atom. The van der Waals surface area contributed by atoms with Crippen molar-refractivity contribution in [1.29, 1.82) is 0 Å². The molecule has 0 aliphatic heterocycles. The summed E-state index contributed by atoms with van der Waals surface area (Å²) in [5, 5.41) is 20.6. The molecule has 3 aromatic rings. The maximum absolute atomic E-state index is 12.7. The summed E-state index contributed by atoms with van der Waals surface area (Å²) < 4.78 is 39.9. The third kappa shape index (κ3) is 5.81. The summed E-state index contributed by atoms with van der Waals surface area (Å²) in [6.07, 6.45) is -1.31. The Balaban J connectivity index is 1.51. The Morgan fingerprint density at radius 2 is 1.90 bits per heavy atom. The number of halogens is 3. The van der Waals surface area contributed by atoms with Gasteiger partial charge in [-0.3, -0.25) is 14.9 Å². The second-order valence-corrected chi connectivity index (χ2v) is 6.57. The lowest BCUT2D eigenvalue weighted by molar-refractivity contribution is -0.384. The Labute approximate surface area is 174 Å². The first kappa shape index (κ1) is 21.8. The van der Waals surface area contributed by atoms with E-state index in [2.05, 4.69) is 15.7 Å². The molecule has 1 aromatic heterocycles. The molecule has 31 heavy (non-hydrogen) atoms. The number of nitrogens with zero attached hydrogens (tertiary/aromatic N) is 3. The fourth-order valence-corrected chi connectivity index (χ4v) is 2.78. The summed E-state index contributed by atoms with van der Waals surface area (Å²) in [7, 11) is 0. The van der Waals surface area contributed by atoms with Crippen molar-refractivity contribution >= 4 is 17.3 Å². The zero-order valence-corrected chi connectivity index (χ0v) is 16.1. The van der Waals surface area contributed by atoms with Crippen molar-refractivity contribution in [3.05, 3.63) is 82.2 Å². The highest BCUT2D eigenvalue weighted by molar-refractivity contribution is 5.76. The lowest BCUT2D eigenvalue weighted by Crippen LogP contribution is -2.24. The van der Waals surface area contributed by atoms with Crippen molar-refractivity contribution in [2.45, 2.75) is 19.1 Å². The number of carbonyl (C=O) groups is 1. The molecule has 0 bridgehead atoms. The van der Waals surface area contributed by atoms with E-state index < -0.39 is 22.4 Å². The standard InChI is InChI=1S/C20H18F3N5O3/c21-20(22,23)15-6-7-17(18(10-15)28(30)31)24-9-8-19(29)25-11-14-12-26-27(13-14)16-4-2-1-3-5-16/h1-7,10,12-13,24H,8-9,11H2,(H,25,29). The number of hydrogen-bond acceptors (Lipinski definition) is 5. The van der Waals surface area contributed by atoms with Gasteiger partial charge in [0.15, 0.2) is 0 Å². The summed E-state index contributed by atoms with van der Waals surface area (Å²) in [5.41, 5.74) is -0.247. The average Bonchev–Trinajstić information content (AvgIpc) is 3.21. The average molecular weight is 433 g/mol. The van der Waals surface area contributed by atoms with Gasteiger partial charge in [0.2, 0.25) is 5.91 Å². The number of nitro benzene ring substituents is 1. The number of aromatic nitrogens is 2. The van der Waals surface area contributed by atoms with E-state index in [4.69, 9.17) is 0 Å². The van der Waals surface area contributed by atoms with Gasteiger partial charge < -0.3 is 10.6 Å². The van der Waals surface area contributed by atoms with Crippen LogP contribution in [0, 0.1) is 10.1 Å². The van der Waals surface area contributed by atoms with Gasteiger partial charge in [0.25, 0.3) is 5.69 Å². The molecule has 11 heteroatoms. The number of anilines is 1. The molecular formula is C20H18F3N5O3. The first-order chi connectivity index (χ1) is 14.7. The van der Waals surface area contributed by atoms with Crippen LogP contribution in [0.15, 0.2) is 60.9 Å². The third-order valence-electron chi connectivity index (χ3n) is 4.34. The van der Waals surface area contributed by atoms with Gasteiger partial charge in [-0.25, -0.2) is 4.68 Å². The number of hydrogen-bond donors (Lipinski definition) is 2. The van der Waals surface area contributed by atoms with Gasteiger partial charge in [-0.2, -0.15) is 18.3 Å². The zero-order chi connectivity index (χ0) is 22.4. The van der Waals surface area contributed by atoms with Crippen LogP contribution in [0.3, 0.4) is 0 Å². The van der Waals surface area contributed by atoms with Crippen LogP contribution in [0.5, 0.6) is 0 Å². The molecule has 2 aromatic carbocycles. The lowest BCUT2D eigenvalue weighted by atomic mass is 10.1. The van der Waals surface area contributed by atoms with Crippen molar-refractivity contribution in [1.82, 2.24) is 15.1 Å². The number of amides is 1. The maximum Gasteiger partial charge on any atom is 0.416 e. The fraction of sp³-hybridized carbons (Fsp3) is 0.200. The van der Waals surface area contributed by atoms with Crippen molar-refractivity contribution in [2.75, 3.05) is 11.9 Å². The summed E-state index contributed by atoms with van der Waals surface area (Å²) in [4.78, 5) is 22.2. The molecule has 3 rings (SSSR count). The van der Waals surface area contributed by atoms with Gasteiger partial charge in [-0.05, 0) is 24.3 Å². The summed E-state index contributed by atoms with van der Waals surface area (Å²) in [6.45, 7) is 0.257. The molecule has 2 N–H and O–H groups in total. The van der Waals surface area contributed by atoms with E-state index in [0.29, 0.717) is 6.07 Å². The van der Waals surface area contributed by atoms with E-state index in [1.807, 2.05) is 30.3 Å². The normalized spacial score (nSPS) is 11.2. The van der Waals surface area contributed by atoms with E-state index in [9.17, 15) is 28.1 Å². The van der Waals surface area contributed by atoms with Crippen molar-refractivity contribution in [3.8, 4) is 5.69 Å². The molecule has 0 aliphatic rings. The highest BCUT2D eigenvalue weighted by Gasteiger charge is 2.33. The van der Waals surface area contributed by atoms with Crippen LogP contribution < -0.4 is 10.6 Å². The van der Waals surface area contributed by atoms with E-state index in [1.165, 1.54) is 0 Å². The summed E-state index contributed by atoms with van der Waals surface area (Å²) in [5.74, 6) is -0.325. The molecule has 0 unspecified atom stereocenters. The van der Waals surface area contributed by atoms with E-state index >= 15 is 0 Å². The molecule has 0 saturated heterocycles. The molecule has 0 aliphatic carbocycles. The van der Waals surface area contributed by atoms with Crippen LogP contribution in [-0.2, 0) is 17.5 Å². The van der Waals surface area contributed by atoms with Crippen LogP contribution in [0.25, 0.3) is 5.69 Å². The topological polar surface area (TPSA) is 102 Å². The van der Waals surface area contributed by atoms with Crippen LogP contribution in [-0.4, -0.2) is 27.2 Å². The lowest BCUT2D eigenvalue weighted by Gasteiger charge is -2.10. The van der Waals surface area contributed by atoms with E-state index in [0.717, 1.165) is 23.4 Å². The molecule has 1 heterocycles.